The molecule has 0 saturated heterocycles. The van der Waals surface area contributed by atoms with E-state index >= 15 is 0 Å². The molecule has 4 heterocycles. The van der Waals surface area contributed by atoms with Gasteiger partial charge in [-0.25, -0.2) is 14.5 Å². The number of carbonyl (C=O) groups is 1. The zero-order chi connectivity index (χ0) is 19.3. The van der Waals surface area contributed by atoms with Crippen LogP contribution in [0.4, 0.5) is 0 Å². The minimum atomic E-state index is -0.0178. The van der Waals surface area contributed by atoms with Gasteiger partial charge in [-0.15, -0.1) is 11.3 Å². The predicted octanol–water partition coefficient (Wildman–Crippen LogP) is 3.47. The van der Waals surface area contributed by atoms with Gasteiger partial charge in [0.1, 0.15) is 11.3 Å². The monoisotopic (exact) mass is 388 g/mol. The van der Waals surface area contributed by atoms with Crippen molar-refractivity contribution in [2.75, 3.05) is 0 Å². The van der Waals surface area contributed by atoms with Gasteiger partial charge in [-0.05, 0) is 24.6 Å². The summed E-state index contributed by atoms with van der Waals surface area (Å²) in [6.45, 7) is 1.93. The summed E-state index contributed by atoms with van der Waals surface area (Å²) < 4.78 is 3.49. The van der Waals surface area contributed by atoms with E-state index < -0.39 is 0 Å². The lowest BCUT2D eigenvalue weighted by Crippen LogP contribution is -2.07. The number of hydrogen-bond acceptors (Lipinski definition) is 6. The highest BCUT2D eigenvalue weighted by Gasteiger charge is 2.17. The Labute approximate surface area is 164 Å². The highest BCUT2D eigenvalue weighted by molar-refractivity contribution is 7.09. The third kappa shape index (κ3) is 2.78. The first-order valence-corrected chi connectivity index (χ1v) is 9.66. The normalized spacial score (nSPS) is 11.5. The van der Waals surface area contributed by atoms with E-state index in [0.29, 0.717) is 11.2 Å². The Balaban J connectivity index is 1.62. The summed E-state index contributed by atoms with van der Waals surface area (Å²) in [6.07, 6.45) is 5.45. The van der Waals surface area contributed by atoms with E-state index in [0.717, 1.165) is 32.7 Å². The Kier molecular flexibility index (Phi) is 3.80. The molecule has 8 heteroatoms. The lowest BCUT2D eigenvalue weighted by molar-refractivity contribution is 0.0994. The average Bonchev–Trinajstić information content (AvgIpc) is 3.41. The number of nitrogens with zero attached hydrogens (tertiary/aromatic N) is 6. The second-order valence-corrected chi connectivity index (χ2v) is 7.64. The van der Waals surface area contributed by atoms with Gasteiger partial charge in [-0.3, -0.25) is 9.48 Å². The number of Topliss-reactive ketones (excluding diaryl/α,β-unsaturated/α-hetero) is 1. The molecule has 5 aromatic rings. The number of aryl methyl sites for hydroxylation is 2. The molecule has 0 bridgehead atoms. The van der Waals surface area contributed by atoms with Crippen LogP contribution in [-0.4, -0.2) is 35.1 Å². The molecule has 1 aromatic carbocycles. The number of pyridine rings is 1. The van der Waals surface area contributed by atoms with Crippen LogP contribution >= 0.6 is 11.3 Å². The highest BCUT2D eigenvalue weighted by Crippen LogP contribution is 2.27. The molecule has 4 aromatic heterocycles. The molecule has 138 valence electrons. The van der Waals surface area contributed by atoms with Crippen molar-refractivity contribution >= 4 is 33.7 Å². The number of carbonyl (C=O) groups excluding carboxylic acids is 1. The summed E-state index contributed by atoms with van der Waals surface area (Å²) in [7, 11) is 1.91. The van der Waals surface area contributed by atoms with Crippen LogP contribution < -0.4 is 0 Å². The van der Waals surface area contributed by atoms with Gasteiger partial charge in [0.25, 0.3) is 0 Å². The third-order valence-corrected chi connectivity index (χ3v) is 5.70. The van der Waals surface area contributed by atoms with E-state index in [2.05, 4.69) is 26.2 Å². The van der Waals surface area contributed by atoms with E-state index in [1.54, 1.807) is 4.52 Å². The summed E-state index contributed by atoms with van der Waals surface area (Å²) >= 11 is 1.50. The maximum absolute atomic E-state index is 13.0. The molecule has 0 atom stereocenters. The smallest absolute Gasteiger partial charge is 0.173 e. The average molecular weight is 388 g/mol. The molecular weight excluding hydrogens is 372 g/mol. The lowest BCUT2D eigenvalue weighted by atomic mass is 10.0. The van der Waals surface area contributed by atoms with Gasteiger partial charge in [-0.1, -0.05) is 12.1 Å². The predicted molar refractivity (Wildman–Crippen MR) is 108 cm³/mol. The first-order valence-electron chi connectivity index (χ1n) is 8.78. The molecule has 0 radical (unpaired) electrons. The SMILES string of the molecule is Cc1csc(CC(=O)c2cc(-c3ccc4cnn(C)c4c3)cn3ncnc23)n1. The second kappa shape index (κ2) is 6.35. The van der Waals surface area contributed by atoms with Crippen molar-refractivity contribution in [1.29, 1.82) is 0 Å². The fraction of sp³-hybridized carbons (Fsp3) is 0.150. The van der Waals surface area contributed by atoms with Gasteiger partial charge >= 0.3 is 0 Å². The molecule has 0 unspecified atom stereocenters. The van der Waals surface area contributed by atoms with E-state index in [9.17, 15) is 4.79 Å². The molecule has 0 spiro atoms. The zero-order valence-electron chi connectivity index (χ0n) is 15.3. The molecule has 0 aliphatic carbocycles. The molecule has 28 heavy (non-hydrogen) atoms. The topological polar surface area (TPSA) is 78.0 Å². The summed E-state index contributed by atoms with van der Waals surface area (Å²) in [5.41, 5.74) is 4.96. The van der Waals surface area contributed by atoms with Gasteiger partial charge in [0.05, 0.1) is 23.7 Å². The Morgan fingerprint density at radius 2 is 2.07 bits per heavy atom. The second-order valence-electron chi connectivity index (χ2n) is 6.70. The van der Waals surface area contributed by atoms with E-state index in [1.807, 2.05) is 54.6 Å². The molecule has 0 fully saturated rings. The van der Waals surface area contributed by atoms with Gasteiger partial charge in [-0.2, -0.15) is 10.2 Å². The van der Waals surface area contributed by atoms with Crippen molar-refractivity contribution in [3.63, 3.8) is 0 Å². The van der Waals surface area contributed by atoms with Gasteiger partial charge in [0, 0.05) is 35.3 Å². The lowest BCUT2D eigenvalue weighted by Gasteiger charge is -2.08. The van der Waals surface area contributed by atoms with E-state index in [1.165, 1.54) is 17.7 Å². The summed E-state index contributed by atoms with van der Waals surface area (Å²) in [4.78, 5) is 21.7. The fourth-order valence-corrected chi connectivity index (χ4v) is 4.10. The van der Waals surface area contributed by atoms with E-state index in [4.69, 9.17) is 0 Å². The Morgan fingerprint density at radius 3 is 2.89 bits per heavy atom. The van der Waals surface area contributed by atoms with Crippen molar-refractivity contribution in [3.8, 4) is 11.1 Å². The number of hydrogen-bond donors (Lipinski definition) is 0. The molecular formula is C20H16N6OS. The minimum Gasteiger partial charge on any atom is -0.294 e. The molecule has 0 aliphatic rings. The molecule has 0 saturated carbocycles. The van der Waals surface area contributed by atoms with Crippen LogP contribution in [0.3, 0.4) is 0 Å². The van der Waals surface area contributed by atoms with Crippen LogP contribution in [-0.2, 0) is 13.5 Å². The van der Waals surface area contributed by atoms with Crippen LogP contribution in [0.25, 0.3) is 27.7 Å². The van der Waals surface area contributed by atoms with Crippen molar-refractivity contribution in [2.45, 2.75) is 13.3 Å². The van der Waals surface area contributed by atoms with Crippen molar-refractivity contribution in [2.24, 2.45) is 7.05 Å². The quantitative estimate of drug-likeness (QED) is 0.441. The zero-order valence-corrected chi connectivity index (χ0v) is 16.1. The fourth-order valence-electron chi connectivity index (χ4n) is 3.33. The molecule has 0 amide bonds. The van der Waals surface area contributed by atoms with Crippen molar-refractivity contribution in [1.82, 2.24) is 29.4 Å². The van der Waals surface area contributed by atoms with Crippen LogP contribution in [0.1, 0.15) is 21.1 Å². The van der Waals surface area contributed by atoms with Crippen LogP contribution in [0.2, 0.25) is 0 Å². The summed E-state index contributed by atoms with van der Waals surface area (Å²) in [5.74, 6) is -0.0178. The summed E-state index contributed by atoms with van der Waals surface area (Å²) in [5, 5.41) is 12.4. The molecule has 0 aliphatic heterocycles. The van der Waals surface area contributed by atoms with E-state index in [-0.39, 0.29) is 12.2 Å². The largest absolute Gasteiger partial charge is 0.294 e. The number of ketones is 1. The third-order valence-electron chi connectivity index (χ3n) is 4.74. The van der Waals surface area contributed by atoms with Gasteiger partial charge < -0.3 is 0 Å². The molecule has 0 N–H and O–H groups in total. The Hall–Kier alpha value is -3.39. The number of thiazole rings is 1. The first-order chi connectivity index (χ1) is 13.6. The maximum Gasteiger partial charge on any atom is 0.173 e. The van der Waals surface area contributed by atoms with Crippen molar-refractivity contribution in [3.05, 3.63) is 64.6 Å². The van der Waals surface area contributed by atoms with Crippen LogP contribution in [0, 0.1) is 6.92 Å². The number of benzene rings is 1. The number of rotatable bonds is 4. The Morgan fingerprint density at radius 1 is 1.18 bits per heavy atom. The summed E-state index contributed by atoms with van der Waals surface area (Å²) in [6, 6.07) is 8.02. The number of fused-ring (bicyclic) bond motifs is 2. The maximum atomic E-state index is 13.0. The number of aromatic nitrogens is 6. The van der Waals surface area contributed by atoms with Gasteiger partial charge in [0.2, 0.25) is 0 Å². The highest BCUT2D eigenvalue weighted by atomic mass is 32.1. The Bertz CT molecular complexity index is 1350. The standard InChI is InChI=1S/C20H16N6OS/c1-12-10-28-19(24-12)7-18(27)16-5-15(9-26-20(16)21-11-23-26)13-3-4-14-8-22-25(2)17(14)6-13/h3-6,8-11H,7H2,1-2H3. The van der Waals surface area contributed by atoms with Crippen molar-refractivity contribution < 1.29 is 4.79 Å². The van der Waals surface area contributed by atoms with Gasteiger partial charge in [0.15, 0.2) is 11.4 Å². The van der Waals surface area contributed by atoms with Crippen LogP contribution in [0.15, 0.2) is 48.4 Å². The minimum absolute atomic E-state index is 0.0178. The molecule has 5 rings (SSSR count). The first kappa shape index (κ1) is 16.8. The van der Waals surface area contributed by atoms with Crippen LogP contribution in [0.5, 0.6) is 0 Å². The molecule has 7 nitrogen and oxygen atoms in total.